The second kappa shape index (κ2) is 7.01. The van der Waals surface area contributed by atoms with Crippen LogP contribution in [-0.4, -0.2) is 33.9 Å². The van der Waals surface area contributed by atoms with E-state index in [4.69, 9.17) is 0 Å². The van der Waals surface area contributed by atoms with Gasteiger partial charge in [0.15, 0.2) is 0 Å². The van der Waals surface area contributed by atoms with Crippen LogP contribution in [0.5, 0.6) is 0 Å². The molecular weight excluding hydrogens is 294 g/mol. The fraction of sp³-hybridized carbons (Fsp3) is 0.471. The molecule has 0 N–H and O–H groups in total. The van der Waals surface area contributed by atoms with E-state index in [0.717, 1.165) is 54.5 Å². The van der Waals surface area contributed by atoms with E-state index in [9.17, 15) is 4.79 Å². The first kappa shape index (κ1) is 15.2. The van der Waals surface area contributed by atoms with E-state index in [2.05, 4.69) is 22.3 Å². The molecule has 1 aliphatic rings. The van der Waals surface area contributed by atoms with Gasteiger partial charge >= 0.3 is 0 Å². The summed E-state index contributed by atoms with van der Waals surface area (Å²) in [5.74, 6) is 1.03. The van der Waals surface area contributed by atoms with Gasteiger partial charge in [0.05, 0.1) is 10.7 Å². The number of hydrogen-bond donors (Lipinski definition) is 0. The van der Waals surface area contributed by atoms with Gasteiger partial charge in [-0.3, -0.25) is 9.78 Å². The number of carbonyl (C=O) groups excluding carboxylic acids is 1. The number of pyridine rings is 1. The summed E-state index contributed by atoms with van der Waals surface area (Å²) in [4.78, 5) is 22.9. The molecule has 1 aliphatic heterocycles. The van der Waals surface area contributed by atoms with Gasteiger partial charge in [0.25, 0.3) is 0 Å². The minimum absolute atomic E-state index is 0.271. The van der Waals surface area contributed by atoms with E-state index >= 15 is 0 Å². The highest BCUT2D eigenvalue weighted by Gasteiger charge is 2.20. The predicted octanol–water partition coefficient (Wildman–Crippen LogP) is 3.40. The van der Waals surface area contributed by atoms with Crippen LogP contribution in [0.2, 0.25) is 0 Å². The number of aryl methyl sites for hydroxylation is 1. The first-order chi connectivity index (χ1) is 10.7. The molecule has 0 bridgehead atoms. The number of amides is 1. The molecule has 2 aromatic rings. The molecule has 0 spiro atoms. The number of likely N-dealkylation sites (tertiary alicyclic amines) is 1. The van der Waals surface area contributed by atoms with Crippen molar-refractivity contribution in [1.29, 1.82) is 0 Å². The van der Waals surface area contributed by atoms with Crippen molar-refractivity contribution in [2.24, 2.45) is 5.92 Å². The van der Waals surface area contributed by atoms with Crippen LogP contribution in [0, 0.1) is 5.92 Å². The van der Waals surface area contributed by atoms with Gasteiger partial charge in [-0.2, -0.15) is 0 Å². The van der Waals surface area contributed by atoms with Crippen molar-refractivity contribution in [2.75, 3.05) is 13.1 Å². The van der Waals surface area contributed by atoms with Gasteiger partial charge in [-0.1, -0.05) is 6.92 Å². The lowest BCUT2D eigenvalue weighted by atomic mass is 9.99. The fourth-order valence-electron chi connectivity index (χ4n) is 2.71. The zero-order valence-electron chi connectivity index (χ0n) is 12.9. The Morgan fingerprint density at radius 2 is 2.05 bits per heavy atom. The maximum Gasteiger partial charge on any atom is 0.222 e. The number of thiazole rings is 1. The maximum atomic E-state index is 12.2. The van der Waals surface area contributed by atoms with Crippen LogP contribution in [0.4, 0.5) is 0 Å². The van der Waals surface area contributed by atoms with Gasteiger partial charge in [0.1, 0.15) is 0 Å². The average Bonchev–Trinajstić information content (AvgIpc) is 3.03. The maximum absolute atomic E-state index is 12.2. The zero-order valence-corrected chi connectivity index (χ0v) is 13.7. The van der Waals surface area contributed by atoms with Crippen LogP contribution in [0.1, 0.15) is 31.2 Å². The minimum Gasteiger partial charge on any atom is -0.343 e. The van der Waals surface area contributed by atoms with Crippen molar-refractivity contribution < 1.29 is 4.79 Å². The van der Waals surface area contributed by atoms with Crippen molar-refractivity contribution in [3.63, 3.8) is 0 Å². The molecule has 0 aliphatic carbocycles. The largest absolute Gasteiger partial charge is 0.343 e. The topological polar surface area (TPSA) is 46.1 Å². The average molecular weight is 315 g/mol. The summed E-state index contributed by atoms with van der Waals surface area (Å²) in [6.45, 7) is 4.10. The summed E-state index contributed by atoms with van der Waals surface area (Å²) in [5.41, 5.74) is 2.05. The highest BCUT2D eigenvalue weighted by atomic mass is 32.1. The number of nitrogens with zero attached hydrogens (tertiary/aromatic N) is 3. The van der Waals surface area contributed by atoms with Crippen LogP contribution in [0.3, 0.4) is 0 Å². The molecule has 5 heteroatoms. The summed E-state index contributed by atoms with van der Waals surface area (Å²) >= 11 is 1.63. The Labute approximate surface area is 135 Å². The van der Waals surface area contributed by atoms with E-state index in [1.54, 1.807) is 23.7 Å². The summed E-state index contributed by atoms with van der Waals surface area (Å²) in [6, 6.07) is 3.91. The monoisotopic (exact) mass is 315 g/mol. The standard InChI is InChI=1S/C17H21N3OS/c1-13-6-10-20(11-7-13)17(21)3-2-16-19-15(12-22-16)14-4-8-18-9-5-14/h4-5,8-9,12-13H,2-3,6-7,10-11H2,1H3. The third kappa shape index (κ3) is 3.71. The van der Waals surface area contributed by atoms with Crippen LogP contribution in [0.25, 0.3) is 11.3 Å². The second-order valence-electron chi connectivity index (χ2n) is 5.93. The second-order valence-corrected chi connectivity index (χ2v) is 6.87. The van der Waals surface area contributed by atoms with Crippen molar-refractivity contribution in [3.05, 3.63) is 34.9 Å². The van der Waals surface area contributed by atoms with Crippen LogP contribution < -0.4 is 0 Å². The van der Waals surface area contributed by atoms with Gasteiger partial charge in [-0.15, -0.1) is 11.3 Å². The Bertz CT molecular complexity index is 618. The molecule has 116 valence electrons. The van der Waals surface area contributed by atoms with Gasteiger partial charge < -0.3 is 4.90 Å². The van der Waals surface area contributed by atoms with Gasteiger partial charge in [0.2, 0.25) is 5.91 Å². The lowest BCUT2D eigenvalue weighted by molar-refractivity contribution is -0.132. The molecule has 3 heterocycles. The van der Waals surface area contributed by atoms with E-state index in [-0.39, 0.29) is 5.91 Å². The predicted molar refractivity (Wildman–Crippen MR) is 88.6 cm³/mol. The third-order valence-electron chi connectivity index (χ3n) is 4.22. The number of rotatable bonds is 4. The molecule has 0 unspecified atom stereocenters. The molecule has 1 saturated heterocycles. The van der Waals surface area contributed by atoms with Crippen molar-refractivity contribution in [3.8, 4) is 11.3 Å². The highest BCUT2D eigenvalue weighted by molar-refractivity contribution is 7.09. The van der Waals surface area contributed by atoms with E-state index in [1.807, 2.05) is 17.0 Å². The Morgan fingerprint density at radius 3 is 2.77 bits per heavy atom. The van der Waals surface area contributed by atoms with Crippen molar-refractivity contribution in [1.82, 2.24) is 14.9 Å². The van der Waals surface area contributed by atoms with Gasteiger partial charge in [0, 0.05) is 49.3 Å². The molecule has 0 radical (unpaired) electrons. The number of carbonyl (C=O) groups is 1. The lowest BCUT2D eigenvalue weighted by Crippen LogP contribution is -2.37. The number of piperidine rings is 1. The first-order valence-corrected chi connectivity index (χ1v) is 8.73. The molecule has 1 amide bonds. The fourth-order valence-corrected chi connectivity index (χ4v) is 3.52. The molecule has 1 fully saturated rings. The Hall–Kier alpha value is -1.75. The number of aromatic nitrogens is 2. The Balaban J connectivity index is 1.54. The quantitative estimate of drug-likeness (QED) is 0.869. The Morgan fingerprint density at radius 1 is 1.32 bits per heavy atom. The van der Waals surface area contributed by atoms with E-state index < -0.39 is 0 Å². The number of hydrogen-bond acceptors (Lipinski definition) is 4. The summed E-state index contributed by atoms with van der Waals surface area (Å²) in [6.07, 6.45) is 7.12. The molecule has 0 aromatic carbocycles. The third-order valence-corrected chi connectivity index (χ3v) is 5.13. The molecule has 4 nitrogen and oxygen atoms in total. The summed E-state index contributed by atoms with van der Waals surface area (Å²) < 4.78 is 0. The van der Waals surface area contributed by atoms with Crippen LogP contribution >= 0.6 is 11.3 Å². The summed E-state index contributed by atoms with van der Waals surface area (Å²) in [5, 5.41) is 3.09. The van der Waals surface area contributed by atoms with Crippen molar-refractivity contribution >= 4 is 17.2 Å². The molecular formula is C17H21N3OS. The Kier molecular flexibility index (Phi) is 4.83. The molecule has 3 rings (SSSR count). The first-order valence-electron chi connectivity index (χ1n) is 7.85. The van der Waals surface area contributed by atoms with Crippen LogP contribution in [-0.2, 0) is 11.2 Å². The minimum atomic E-state index is 0.271. The van der Waals surface area contributed by atoms with Crippen LogP contribution in [0.15, 0.2) is 29.9 Å². The van der Waals surface area contributed by atoms with E-state index in [0.29, 0.717) is 6.42 Å². The van der Waals surface area contributed by atoms with Crippen molar-refractivity contribution in [2.45, 2.75) is 32.6 Å². The normalized spacial score (nSPS) is 16.0. The lowest BCUT2D eigenvalue weighted by Gasteiger charge is -2.30. The smallest absolute Gasteiger partial charge is 0.222 e. The molecule has 0 atom stereocenters. The zero-order chi connectivity index (χ0) is 15.4. The molecule has 22 heavy (non-hydrogen) atoms. The summed E-state index contributed by atoms with van der Waals surface area (Å²) in [7, 11) is 0. The molecule has 0 saturated carbocycles. The van der Waals surface area contributed by atoms with Gasteiger partial charge in [-0.05, 0) is 30.9 Å². The SMILES string of the molecule is CC1CCN(C(=O)CCc2nc(-c3ccncc3)cs2)CC1. The van der Waals surface area contributed by atoms with Gasteiger partial charge in [-0.25, -0.2) is 4.98 Å². The van der Waals surface area contributed by atoms with E-state index in [1.165, 1.54) is 0 Å². The highest BCUT2D eigenvalue weighted by Crippen LogP contribution is 2.22. The molecule has 2 aromatic heterocycles.